The Balaban J connectivity index is 2.15. The van der Waals surface area contributed by atoms with E-state index in [9.17, 15) is 0 Å². The molecule has 1 nitrogen and oxygen atoms in total. The number of hydrogen-bond donors (Lipinski definition) is 1. The number of rotatable bonds is 2. The molecule has 0 spiro atoms. The van der Waals surface area contributed by atoms with Crippen molar-refractivity contribution in [1.29, 1.82) is 0 Å². The fourth-order valence-corrected chi connectivity index (χ4v) is 3.78. The summed E-state index contributed by atoms with van der Waals surface area (Å²) in [5.74, 6) is 1.55. The maximum Gasteiger partial charge on any atom is 0.0235 e. The first kappa shape index (κ1) is 11.8. The third-order valence-corrected chi connectivity index (χ3v) is 4.65. The first-order valence-electron chi connectivity index (χ1n) is 6.34. The lowest BCUT2D eigenvalue weighted by Crippen LogP contribution is -2.19. The highest BCUT2D eigenvalue weighted by Crippen LogP contribution is 2.39. The summed E-state index contributed by atoms with van der Waals surface area (Å²) in [7, 11) is 2.03. The van der Waals surface area contributed by atoms with Gasteiger partial charge in [0, 0.05) is 23.1 Å². The smallest absolute Gasteiger partial charge is 0.0235 e. The Labute approximate surface area is 113 Å². The van der Waals surface area contributed by atoms with Gasteiger partial charge in [0.05, 0.1) is 0 Å². The first-order valence-corrected chi connectivity index (χ1v) is 7.33. The van der Waals surface area contributed by atoms with Crippen molar-refractivity contribution in [2.45, 2.75) is 16.6 Å². The van der Waals surface area contributed by atoms with E-state index in [1.54, 1.807) is 0 Å². The standard InChI is InChI=1S/C16H17NS/c1-17-10-15-13-7-3-2-6-12(13)11-18-16-9-5-4-8-14(15)16/h2-9,15,17H,10-11H2,1H3. The second-order valence-electron chi connectivity index (χ2n) is 4.64. The first-order chi connectivity index (χ1) is 8.90. The second-order valence-corrected chi connectivity index (χ2v) is 5.65. The molecule has 1 N–H and O–H groups in total. The third-order valence-electron chi connectivity index (χ3n) is 3.52. The Kier molecular flexibility index (Phi) is 3.39. The van der Waals surface area contributed by atoms with Crippen molar-refractivity contribution in [2.24, 2.45) is 0 Å². The topological polar surface area (TPSA) is 12.0 Å². The Morgan fingerprint density at radius 2 is 1.78 bits per heavy atom. The molecule has 1 atom stereocenters. The van der Waals surface area contributed by atoms with E-state index in [-0.39, 0.29) is 0 Å². The molecule has 0 aromatic heterocycles. The minimum Gasteiger partial charge on any atom is -0.319 e. The van der Waals surface area contributed by atoms with Crippen LogP contribution in [0.3, 0.4) is 0 Å². The third kappa shape index (κ3) is 2.06. The van der Waals surface area contributed by atoms with Crippen molar-refractivity contribution in [3.8, 4) is 0 Å². The summed E-state index contributed by atoms with van der Waals surface area (Å²) < 4.78 is 0. The number of nitrogens with one attached hydrogen (secondary N) is 1. The highest BCUT2D eigenvalue weighted by Gasteiger charge is 2.22. The molecule has 0 fully saturated rings. The van der Waals surface area contributed by atoms with Crippen molar-refractivity contribution in [1.82, 2.24) is 5.32 Å². The van der Waals surface area contributed by atoms with Gasteiger partial charge in [-0.15, -0.1) is 11.8 Å². The van der Waals surface area contributed by atoms with E-state index in [4.69, 9.17) is 0 Å². The number of thioether (sulfide) groups is 1. The molecule has 18 heavy (non-hydrogen) atoms. The molecule has 92 valence electrons. The van der Waals surface area contributed by atoms with Gasteiger partial charge in [0.25, 0.3) is 0 Å². The molecular formula is C16H17NS. The lowest BCUT2D eigenvalue weighted by Gasteiger charge is -2.19. The molecule has 2 aromatic carbocycles. The Hall–Kier alpha value is -1.25. The van der Waals surface area contributed by atoms with E-state index >= 15 is 0 Å². The summed E-state index contributed by atoms with van der Waals surface area (Å²) >= 11 is 1.95. The average Bonchev–Trinajstić information content (AvgIpc) is 2.58. The molecule has 0 saturated heterocycles. The van der Waals surface area contributed by atoms with Crippen LogP contribution in [0.2, 0.25) is 0 Å². The van der Waals surface area contributed by atoms with Crippen LogP contribution in [0, 0.1) is 0 Å². The predicted octanol–water partition coefficient (Wildman–Crippen LogP) is 3.64. The van der Waals surface area contributed by atoms with Gasteiger partial charge in [0.15, 0.2) is 0 Å². The SMILES string of the molecule is CNCC1c2ccccc2CSc2ccccc21. The minimum absolute atomic E-state index is 0.470. The van der Waals surface area contributed by atoms with E-state index in [2.05, 4.69) is 53.8 Å². The van der Waals surface area contributed by atoms with Gasteiger partial charge in [-0.3, -0.25) is 0 Å². The molecular weight excluding hydrogens is 238 g/mol. The van der Waals surface area contributed by atoms with Crippen LogP contribution in [0.25, 0.3) is 0 Å². The fourth-order valence-electron chi connectivity index (χ4n) is 2.65. The number of hydrogen-bond acceptors (Lipinski definition) is 2. The van der Waals surface area contributed by atoms with Gasteiger partial charge in [-0.25, -0.2) is 0 Å². The molecule has 1 aliphatic heterocycles. The zero-order valence-corrected chi connectivity index (χ0v) is 11.3. The van der Waals surface area contributed by atoms with Crippen LogP contribution in [0.15, 0.2) is 53.4 Å². The highest BCUT2D eigenvalue weighted by atomic mass is 32.2. The zero-order valence-electron chi connectivity index (χ0n) is 10.5. The molecule has 0 amide bonds. The predicted molar refractivity (Wildman–Crippen MR) is 78.2 cm³/mol. The van der Waals surface area contributed by atoms with E-state index in [0.717, 1.165) is 12.3 Å². The lowest BCUT2D eigenvalue weighted by molar-refractivity contribution is 0.697. The molecule has 0 radical (unpaired) electrons. The van der Waals surface area contributed by atoms with Crippen LogP contribution in [-0.4, -0.2) is 13.6 Å². The van der Waals surface area contributed by atoms with Crippen molar-refractivity contribution >= 4 is 11.8 Å². The van der Waals surface area contributed by atoms with Gasteiger partial charge in [-0.2, -0.15) is 0 Å². The molecule has 2 heteroatoms. The van der Waals surface area contributed by atoms with E-state index in [1.165, 1.54) is 21.6 Å². The molecule has 2 aromatic rings. The summed E-state index contributed by atoms with van der Waals surface area (Å²) in [4.78, 5) is 1.42. The second kappa shape index (κ2) is 5.17. The van der Waals surface area contributed by atoms with Crippen molar-refractivity contribution in [3.63, 3.8) is 0 Å². The molecule has 3 rings (SSSR count). The van der Waals surface area contributed by atoms with Crippen molar-refractivity contribution < 1.29 is 0 Å². The van der Waals surface area contributed by atoms with Gasteiger partial charge in [-0.1, -0.05) is 42.5 Å². The van der Waals surface area contributed by atoms with Crippen LogP contribution in [0.5, 0.6) is 0 Å². The van der Waals surface area contributed by atoms with Crippen LogP contribution in [-0.2, 0) is 5.75 Å². The molecule has 1 aliphatic rings. The van der Waals surface area contributed by atoms with Crippen LogP contribution < -0.4 is 5.32 Å². The summed E-state index contributed by atoms with van der Waals surface area (Å²) in [5.41, 5.74) is 4.41. The van der Waals surface area contributed by atoms with Crippen LogP contribution in [0.4, 0.5) is 0 Å². The maximum absolute atomic E-state index is 3.34. The fraction of sp³-hybridized carbons (Fsp3) is 0.250. The quantitative estimate of drug-likeness (QED) is 0.879. The lowest BCUT2D eigenvalue weighted by atomic mass is 9.88. The van der Waals surface area contributed by atoms with E-state index < -0.39 is 0 Å². The molecule has 1 heterocycles. The largest absolute Gasteiger partial charge is 0.319 e. The zero-order chi connectivity index (χ0) is 12.4. The van der Waals surface area contributed by atoms with Crippen LogP contribution in [0.1, 0.15) is 22.6 Å². The van der Waals surface area contributed by atoms with Crippen molar-refractivity contribution in [2.75, 3.05) is 13.6 Å². The molecule has 0 saturated carbocycles. The van der Waals surface area contributed by atoms with Crippen molar-refractivity contribution in [3.05, 3.63) is 65.2 Å². The Morgan fingerprint density at radius 1 is 1.06 bits per heavy atom. The average molecular weight is 255 g/mol. The maximum atomic E-state index is 3.34. The summed E-state index contributed by atoms with van der Waals surface area (Å²) in [6, 6.07) is 17.6. The normalized spacial score (nSPS) is 17.7. The minimum atomic E-state index is 0.470. The number of fused-ring (bicyclic) bond motifs is 2. The van der Waals surface area contributed by atoms with Gasteiger partial charge in [0.1, 0.15) is 0 Å². The van der Waals surface area contributed by atoms with Gasteiger partial charge >= 0.3 is 0 Å². The molecule has 0 aliphatic carbocycles. The highest BCUT2D eigenvalue weighted by molar-refractivity contribution is 7.98. The van der Waals surface area contributed by atoms with Gasteiger partial charge in [0.2, 0.25) is 0 Å². The van der Waals surface area contributed by atoms with E-state index in [0.29, 0.717) is 5.92 Å². The monoisotopic (exact) mass is 255 g/mol. The Morgan fingerprint density at radius 3 is 2.61 bits per heavy atom. The summed E-state index contributed by atoms with van der Waals surface area (Å²) in [6.07, 6.45) is 0. The molecule has 1 unspecified atom stereocenters. The summed E-state index contributed by atoms with van der Waals surface area (Å²) in [6.45, 7) is 0.995. The number of likely N-dealkylation sites (N-methyl/N-ethyl adjacent to an activating group) is 1. The van der Waals surface area contributed by atoms with E-state index in [1.807, 2.05) is 18.8 Å². The molecule has 0 bridgehead atoms. The Bertz CT molecular complexity index is 503. The summed E-state index contributed by atoms with van der Waals surface area (Å²) in [5, 5.41) is 3.34. The van der Waals surface area contributed by atoms with Crippen LogP contribution >= 0.6 is 11.8 Å². The van der Waals surface area contributed by atoms with Gasteiger partial charge in [-0.05, 0) is 29.8 Å². The number of benzene rings is 2. The van der Waals surface area contributed by atoms with Gasteiger partial charge < -0.3 is 5.32 Å².